The molecule has 0 saturated carbocycles. The molecule has 1 heterocycles. The Labute approximate surface area is 119 Å². The van der Waals surface area contributed by atoms with Gasteiger partial charge in [0.05, 0.1) is 5.56 Å². The quantitative estimate of drug-likeness (QED) is 0.885. The lowest BCUT2D eigenvalue weighted by atomic mass is 10.2. The molecule has 2 rings (SSSR count). The summed E-state index contributed by atoms with van der Waals surface area (Å²) in [6.45, 7) is 0. The monoisotopic (exact) mass is 315 g/mol. The number of amides is 1. The number of alkyl halides is 1. The molecule has 2 aromatic rings. The van der Waals surface area contributed by atoms with Crippen LogP contribution in [0.4, 0.5) is 5.69 Å². The van der Waals surface area contributed by atoms with E-state index >= 15 is 0 Å². The molecule has 1 aromatic carbocycles. The van der Waals surface area contributed by atoms with Gasteiger partial charge in [0, 0.05) is 17.2 Å². The zero-order valence-corrected chi connectivity index (χ0v) is 11.5. The standard InChI is InChI=1S/C14H10BrN3O/c15-7-10-2-1-3-12(6-10)18-14(19)13-5-4-11(8-16)9-17-13/h1-6,9H,7H2,(H,18,19). The van der Waals surface area contributed by atoms with Crippen molar-refractivity contribution >= 4 is 27.5 Å². The first-order valence-corrected chi connectivity index (χ1v) is 6.67. The minimum Gasteiger partial charge on any atom is -0.321 e. The largest absolute Gasteiger partial charge is 0.321 e. The summed E-state index contributed by atoms with van der Waals surface area (Å²) in [6.07, 6.45) is 1.38. The van der Waals surface area contributed by atoms with Crippen LogP contribution in [0.5, 0.6) is 0 Å². The molecule has 0 aliphatic carbocycles. The normalized spacial score (nSPS) is 9.68. The number of nitriles is 1. The van der Waals surface area contributed by atoms with Gasteiger partial charge in [-0.05, 0) is 29.8 Å². The van der Waals surface area contributed by atoms with Crippen molar-refractivity contribution in [3.05, 3.63) is 59.4 Å². The Kier molecular flexibility index (Phi) is 4.26. The number of pyridine rings is 1. The van der Waals surface area contributed by atoms with Crippen molar-refractivity contribution in [2.75, 3.05) is 5.32 Å². The van der Waals surface area contributed by atoms with Crippen molar-refractivity contribution in [3.8, 4) is 6.07 Å². The van der Waals surface area contributed by atoms with Crippen LogP contribution in [0.2, 0.25) is 0 Å². The third-order valence-electron chi connectivity index (χ3n) is 2.46. The summed E-state index contributed by atoms with van der Waals surface area (Å²) in [6, 6.07) is 12.6. The van der Waals surface area contributed by atoms with Crippen molar-refractivity contribution < 1.29 is 4.79 Å². The fraction of sp³-hybridized carbons (Fsp3) is 0.0714. The maximum Gasteiger partial charge on any atom is 0.274 e. The van der Waals surface area contributed by atoms with Gasteiger partial charge in [0.2, 0.25) is 0 Å². The van der Waals surface area contributed by atoms with E-state index in [1.54, 1.807) is 6.07 Å². The summed E-state index contributed by atoms with van der Waals surface area (Å²) in [4.78, 5) is 15.9. The molecule has 0 unspecified atom stereocenters. The smallest absolute Gasteiger partial charge is 0.274 e. The highest BCUT2D eigenvalue weighted by molar-refractivity contribution is 9.08. The predicted molar refractivity (Wildman–Crippen MR) is 76.0 cm³/mol. The highest BCUT2D eigenvalue weighted by Crippen LogP contribution is 2.14. The van der Waals surface area contributed by atoms with Gasteiger partial charge >= 0.3 is 0 Å². The van der Waals surface area contributed by atoms with Crippen LogP contribution in [0.25, 0.3) is 0 Å². The molecule has 0 bridgehead atoms. The van der Waals surface area contributed by atoms with Crippen LogP contribution < -0.4 is 5.32 Å². The van der Waals surface area contributed by atoms with Gasteiger partial charge in [0.15, 0.2) is 0 Å². The fourth-order valence-corrected chi connectivity index (χ4v) is 1.87. The molecule has 1 aromatic heterocycles. The Morgan fingerprint density at radius 2 is 2.21 bits per heavy atom. The first kappa shape index (κ1) is 13.2. The van der Waals surface area contributed by atoms with Gasteiger partial charge < -0.3 is 5.32 Å². The van der Waals surface area contributed by atoms with Crippen molar-refractivity contribution in [1.29, 1.82) is 5.26 Å². The van der Waals surface area contributed by atoms with E-state index < -0.39 is 0 Å². The Morgan fingerprint density at radius 3 is 2.84 bits per heavy atom. The van der Waals surface area contributed by atoms with E-state index in [9.17, 15) is 4.79 Å². The summed E-state index contributed by atoms with van der Waals surface area (Å²) < 4.78 is 0. The Hall–Kier alpha value is -2.19. The SMILES string of the molecule is N#Cc1ccc(C(=O)Nc2cccc(CBr)c2)nc1. The number of halogens is 1. The minimum absolute atomic E-state index is 0.281. The number of nitrogens with zero attached hydrogens (tertiary/aromatic N) is 2. The second-order valence-electron chi connectivity index (χ2n) is 3.83. The molecule has 19 heavy (non-hydrogen) atoms. The number of hydrogen-bond donors (Lipinski definition) is 1. The lowest BCUT2D eigenvalue weighted by Crippen LogP contribution is -2.13. The molecule has 1 N–H and O–H groups in total. The van der Waals surface area contributed by atoms with E-state index in [2.05, 4.69) is 26.2 Å². The van der Waals surface area contributed by atoms with Gasteiger partial charge in [-0.1, -0.05) is 28.1 Å². The second-order valence-corrected chi connectivity index (χ2v) is 4.39. The van der Waals surface area contributed by atoms with E-state index in [1.165, 1.54) is 12.3 Å². The zero-order valence-electron chi connectivity index (χ0n) is 9.93. The first-order chi connectivity index (χ1) is 9.22. The summed E-state index contributed by atoms with van der Waals surface area (Å²) in [5, 5.41) is 12.2. The summed E-state index contributed by atoms with van der Waals surface area (Å²) in [5.74, 6) is -0.295. The maximum absolute atomic E-state index is 11.9. The molecule has 0 aliphatic rings. The van der Waals surface area contributed by atoms with Crippen LogP contribution in [-0.2, 0) is 5.33 Å². The third-order valence-corrected chi connectivity index (χ3v) is 3.11. The number of anilines is 1. The maximum atomic E-state index is 11.9. The van der Waals surface area contributed by atoms with Crippen LogP contribution >= 0.6 is 15.9 Å². The lowest BCUT2D eigenvalue weighted by molar-refractivity contribution is 0.102. The van der Waals surface area contributed by atoms with Gasteiger partial charge in [-0.2, -0.15) is 5.26 Å². The number of rotatable bonds is 3. The molecule has 94 valence electrons. The van der Waals surface area contributed by atoms with Crippen molar-refractivity contribution in [2.24, 2.45) is 0 Å². The molecule has 1 amide bonds. The highest BCUT2D eigenvalue weighted by Gasteiger charge is 2.07. The summed E-state index contributed by atoms with van der Waals surface area (Å²) >= 11 is 3.36. The Morgan fingerprint density at radius 1 is 1.37 bits per heavy atom. The molecule has 0 fully saturated rings. The van der Waals surface area contributed by atoms with Gasteiger partial charge in [-0.3, -0.25) is 4.79 Å². The van der Waals surface area contributed by atoms with Crippen molar-refractivity contribution in [3.63, 3.8) is 0 Å². The van der Waals surface area contributed by atoms with E-state index in [4.69, 9.17) is 5.26 Å². The summed E-state index contributed by atoms with van der Waals surface area (Å²) in [5.41, 5.74) is 2.50. The molecule has 0 saturated heterocycles. The molecule has 4 nitrogen and oxygen atoms in total. The van der Waals surface area contributed by atoms with Crippen molar-refractivity contribution in [1.82, 2.24) is 4.98 Å². The molecule has 0 aliphatic heterocycles. The average molecular weight is 316 g/mol. The van der Waals surface area contributed by atoms with E-state index in [1.807, 2.05) is 30.3 Å². The van der Waals surface area contributed by atoms with Gasteiger partial charge in [0.1, 0.15) is 11.8 Å². The molecular formula is C14H10BrN3O. The van der Waals surface area contributed by atoms with Crippen LogP contribution in [-0.4, -0.2) is 10.9 Å². The number of carbonyl (C=O) groups excluding carboxylic acids is 1. The molecule has 5 heteroatoms. The first-order valence-electron chi connectivity index (χ1n) is 5.55. The van der Waals surface area contributed by atoms with Gasteiger partial charge in [-0.15, -0.1) is 0 Å². The number of carbonyl (C=O) groups is 1. The second kappa shape index (κ2) is 6.12. The van der Waals surface area contributed by atoms with Crippen LogP contribution in [0.1, 0.15) is 21.6 Å². The van der Waals surface area contributed by atoms with E-state index in [0.717, 1.165) is 10.9 Å². The molecule has 0 spiro atoms. The van der Waals surface area contributed by atoms with Crippen LogP contribution in [0, 0.1) is 11.3 Å². The average Bonchev–Trinajstić information content (AvgIpc) is 2.47. The van der Waals surface area contributed by atoms with Gasteiger partial charge in [0.25, 0.3) is 5.91 Å². The number of hydrogen-bond acceptors (Lipinski definition) is 3. The van der Waals surface area contributed by atoms with Crippen molar-refractivity contribution in [2.45, 2.75) is 5.33 Å². The zero-order chi connectivity index (χ0) is 13.7. The molecular weight excluding hydrogens is 306 g/mol. The fourth-order valence-electron chi connectivity index (χ4n) is 1.52. The number of benzene rings is 1. The van der Waals surface area contributed by atoms with E-state index in [-0.39, 0.29) is 11.6 Å². The third kappa shape index (κ3) is 3.39. The Bertz CT molecular complexity index is 632. The number of nitrogens with one attached hydrogen (secondary N) is 1. The number of aromatic nitrogens is 1. The predicted octanol–water partition coefficient (Wildman–Crippen LogP) is 3.10. The lowest BCUT2D eigenvalue weighted by Gasteiger charge is -2.05. The topological polar surface area (TPSA) is 65.8 Å². The van der Waals surface area contributed by atoms with E-state index in [0.29, 0.717) is 11.3 Å². The highest BCUT2D eigenvalue weighted by atomic mass is 79.9. The van der Waals surface area contributed by atoms with Gasteiger partial charge in [-0.25, -0.2) is 4.98 Å². The molecule has 0 atom stereocenters. The minimum atomic E-state index is -0.295. The molecule has 0 radical (unpaired) electrons. The summed E-state index contributed by atoms with van der Waals surface area (Å²) in [7, 11) is 0. The van der Waals surface area contributed by atoms with Crippen LogP contribution in [0.3, 0.4) is 0 Å². The Balaban J connectivity index is 2.13. The van der Waals surface area contributed by atoms with Crippen LogP contribution in [0.15, 0.2) is 42.6 Å².